The van der Waals surface area contributed by atoms with E-state index in [0.29, 0.717) is 15.1 Å². The molecule has 6 heteroatoms. The number of hydrogen-bond donors (Lipinski definition) is 0. The zero-order valence-electron chi connectivity index (χ0n) is 7.04. The van der Waals surface area contributed by atoms with Crippen molar-refractivity contribution in [1.29, 1.82) is 0 Å². The molecule has 0 radical (unpaired) electrons. The monoisotopic (exact) mass is 259 g/mol. The number of aromatic nitrogens is 3. The van der Waals surface area contributed by atoms with Crippen LogP contribution in [-0.2, 0) is 0 Å². The van der Waals surface area contributed by atoms with Gasteiger partial charge in [-0.05, 0) is 29.8 Å². The third-order valence-corrected chi connectivity index (χ3v) is 3.36. The summed E-state index contributed by atoms with van der Waals surface area (Å²) in [6, 6.07) is 0. The summed E-state index contributed by atoms with van der Waals surface area (Å²) < 4.78 is 1.80. The molecule has 0 bridgehead atoms. The molecule has 68 valence electrons. The maximum atomic E-state index is 11.6. The SMILES string of the molecule is Cc1nn2c(=O)c(Br)c(C)nc2s1. The average Bonchev–Trinajstić information content (AvgIpc) is 2.42. The highest BCUT2D eigenvalue weighted by atomic mass is 79.9. The third-order valence-electron chi connectivity index (χ3n) is 1.62. The van der Waals surface area contributed by atoms with Gasteiger partial charge in [0.25, 0.3) is 5.56 Å². The van der Waals surface area contributed by atoms with E-state index < -0.39 is 0 Å². The number of fused-ring (bicyclic) bond motifs is 1. The van der Waals surface area contributed by atoms with E-state index in [0.717, 1.165) is 5.01 Å². The first-order valence-electron chi connectivity index (χ1n) is 3.62. The Morgan fingerprint density at radius 3 is 2.85 bits per heavy atom. The van der Waals surface area contributed by atoms with Crippen molar-refractivity contribution in [3.8, 4) is 0 Å². The van der Waals surface area contributed by atoms with Crippen LogP contribution in [0.3, 0.4) is 0 Å². The zero-order valence-corrected chi connectivity index (χ0v) is 9.44. The van der Waals surface area contributed by atoms with E-state index in [4.69, 9.17) is 0 Å². The second-order valence-electron chi connectivity index (χ2n) is 2.63. The van der Waals surface area contributed by atoms with Gasteiger partial charge in [0.2, 0.25) is 4.96 Å². The molecule has 4 nitrogen and oxygen atoms in total. The summed E-state index contributed by atoms with van der Waals surface area (Å²) in [6.45, 7) is 3.64. The van der Waals surface area contributed by atoms with Gasteiger partial charge in [-0.15, -0.1) is 0 Å². The van der Waals surface area contributed by atoms with Crippen LogP contribution in [-0.4, -0.2) is 14.6 Å². The van der Waals surface area contributed by atoms with Crippen LogP contribution in [0.1, 0.15) is 10.7 Å². The normalized spacial score (nSPS) is 11.0. The predicted octanol–water partition coefficient (Wildman–Crippen LogP) is 1.53. The van der Waals surface area contributed by atoms with Gasteiger partial charge in [0, 0.05) is 0 Å². The Kier molecular flexibility index (Phi) is 1.96. The molecule has 13 heavy (non-hydrogen) atoms. The molecule has 2 aromatic heterocycles. The Morgan fingerprint density at radius 2 is 2.15 bits per heavy atom. The first-order chi connectivity index (χ1) is 6.09. The lowest BCUT2D eigenvalue weighted by Gasteiger charge is -1.95. The Morgan fingerprint density at radius 1 is 1.46 bits per heavy atom. The summed E-state index contributed by atoms with van der Waals surface area (Å²) >= 11 is 4.59. The maximum absolute atomic E-state index is 11.6. The van der Waals surface area contributed by atoms with Crippen molar-refractivity contribution >= 4 is 32.2 Å². The lowest BCUT2D eigenvalue weighted by atomic mass is 10.5. The van der Waals surface area contributed by atoms with Crippen LogP contribution in [0.5, 0.6) is 0 Å². The van der Waals surface area contributed by atoms with Crippen LogP contribution in [0.15, 0.2) is 9.27 Å². The number of hydrogen-bond acceptors (Lipinski definition) is 4. The number of aryl methyl sites for hydroxylation is 2. The Balaban J connectivity index is 3.01. The summed E-state index contributed by atoms with van der Waals surface area (Å²) in [5, 5.41) is 4.88. The molecule has 0 saturated heterocycles. The van der Waals surface area contributed by atoms with Gasteiger partial charge >= 0.3 is 0 Å². The number of rotatable bonds is 0. The molecular weight excluding hydrogens is 254 g/mol. The van der Waals surface area contributed by atoms with Gasteiger partial charge < -0.3 is 0 Å². The lowest BCUT2D eigenvalue weighted by molar-refractivity contribution is 0.865. The summed E-state index contributed by atoms with van der Waals surface area (Å²) in [5.74, 6) is 0. The molecule has 0 aliphatic rings. The van der Waals surface area contributed by atoms with Gasteiger partial charge in [0.05, 0.1) is 5.69 Å². The van der Waals surface area contributed by atoms with Crippen molar-refractivity contribution in [2.75, 3.05) is 0 Å². The fourth-order valence-electron chi connectivity index (χ4n) is 1.02. The molecule has 0 aliphatic heterocycles. The van der Waals surface area contributed by atoms with Crippen LogP contribution in [0.2, 0.25) is 0 Å². The molecule has 2 aromatic rings. The molecule has 0 aliphatic carbocycles. The Bertz CT molecular complexity index is 530. The quantitative estimate of drug-likeness (QED) is 0.721. The van der Waals surface area contributed by atoms with Crippen molar-refractivity contribution in [2.45, 2.75) is 13.8 Å². The molecule has 2 heterocycles. The molecule has 0 saturated carbocycles. The van der Waals surface area contributed by atoms with E-state index in [2.05, 4.69) is 26.0 Å². The fourth-order valence-corrected chi connectivity index (χ4v) is 2.06. The van der Waals surface area contributed by atoms with Crippen LogP contribution < -0.4 is 5.56 Å². The molecule has 0 N–H and O–H groups in total. The van der Waals surface area contributed by atoms with Gasteiger partial charge in [-0.2, -0.15) is 9.61 Å². The van der Waals surface area contributed by atoms with Gasteiger partial charge in [-0.1, -0.05) is 11.3 Å². The van der Waals surface area contributed by atoms with Crippen molar-refractivity contribution in [3.05, 3.63) is 25.5 Å². The number of halogens is 1. The minimum atomic E-state index is -0.146. The third kappa shape index (κ3) is 1.30. The fraction of sp³-hybridized carbons (Fsp3) is 0.286. The summed E-state index contributed by atoms with van der Waals surface area (Å²) in [4.78, 5) is 16.5. The molecule has 0 amide bonds. The molecular formula is C7H6BrN3OS. The second-order valence-corrected chi connectivity index (χ2v) is 4.58. The highest BCUT2D eigenvalue weighted by Crippen LogP contribution is 2.14. The van der Waals surface area contributed by atoms with Crippen LogP contribution in [0.4, 0.5) is 0 Å². The first kappa shape index (κ1) is 8.83. The molecule has 0 spiro atoms. The summed E-state index contributed by atoms with van der Waals surface area (Å²) in [7, 11) is 0. The van der Waals surface area contributed by atoms with Crippen molar-refractivity contribution in [1.82, 2.24) is 14.6 Å². The van der Waals surface area contributed by atoms with Crippen molar-refractivity contribution < 1.29 is 0 Å². The van der Waals surface area contributed by atoms with Crippen LogP contribution in [0.25, 0.3) is 4.96 Å². The van der Waals surface area contributed by atoms with Crippen molar-refractivity contribution in [3.63, 3.8) is 0 Å². The highest BCUT2D eigenvalue weighted by molar-refractivity contribution is 9.10. The largest absolute Gasteiger partial charge is 0.289 e. The Hall–Kier alpha value is -0.750. The van der Waals surface area contributed by atoms with Crippen molar-refractivity contribution in [2.24, 2.45) is 0 Å². The predicted molar refractivity (Wildman–Crippen MR) is 54.3 cm³/mol. The standard InChI is InChI=1S/C7H6BrN3OS/c1-3-5(8)6(12)11-7(9-3)13-4(2)10-11/h1-2H3. The van der Waals surface area contributed by atoms with Gasteiger partial charge in [-0.25, -0.2) is 4.98 Å². The lowest BCUT2D eigenvalue weighted by Crippen LogP contribution is -2.16. The van der Waals surface area contributed by atoms with E-state index in [1.807, 2.05) is 6.92 Å². The van der Waals surface area contributed by atoms with E-state index in [-0.39, 0.29) is 5.56 Å². The molecule has 0 atom stereocenters. The average molecular weight is 260 g/mol. The summed E-state index contributed by atoms with van der Waals surface area (Å²) in [5.41, 5.74) is 0.556. The highest BCUT2D eigenvalue weighted by Gasteiger charge is 2.09. The van der Waals surface area contributed by atoms with E-state index >= 15 is 0 Å². The maximum Gasteiger partial charge on any atom is 0.289 e. The zero-order chi connectivity index (χ0) is 9.59. The van der Waals surface area contributed by atoms with E-state index in [1.54, 1.807) is 6.92 Å². The van der Waals surface area contributed by atoms with Crippen LogP contribution >= 0.6 is 27.3 Å². The second kappa shape index (κ2) is 2.88. The van der Waals surface area contributed by atoms with E-state index in [1.165, 1.54) is 15.9 Å². The minimum Gasteiger partial charge on any atom is -0.266 e. The summed E-state index contributed by atoms with van der Waals surface area (Å²) in [6.07, 6.45) is 0. The first-order valence-corrected chi connectivity index (χ1v) is 5.23. The van der Waals surface area contributed by atoms with Crippen LogP contribution in [0, 0.1) is 13.8 Å². The minimum absolute atomic E-state index is 0.146. The smallest absolute Gasteiger partial charge is 0.266 e. The molecule has 2 rings (SSSR count). The Labute approximate surface area is 86.4 Å². The van der Waals surface area contributed by atoms with Gasteiger partial charge in [-0.3, -0.25) is 4.79 Å². The molecule has 0 unspecified atom stereocenters. The molecule has 0 aromatic carbocycles. The van der Waals surface area contributed by atoms with E-state index in [9.17, 15) is 4.79 Å². The topological polar surface area (TPSA) is 47.3 Å². The number of nitrogens with zero attached hydrogens (tertiary/aromatic N) is 3. The van der Waals surface area contributed by atoms with Gasteiger partial charge in [0.15, 0.2) is 0 Å². The molecule has 0 fully saturated rings. The van der Waals surface area contributed by atoms with Gasteiger partial charge in [0.1, 0.15) is 9.48 Å².